The molecule has 1 heterocycles. The molecule has 0 aromatic carbocycles. The lowest BCUT2D eigenvalue weighted by molar-refractivity contribution is 0.463. The van der Waals surface area contributed by atoms with Crippen LogP contribution in [0, 0.1) is 0 Å². The lowest BCUT2D eigenvalue weighted by Gasteiger charge is -2.16. The van der Waals surface area contributed by atoms with Gasteiger partial charge in [0.1, 0.15) is 0 Å². The summed E-state index contributed by atoms with van der Waals surface area (Å²) in [4.78, 5) is 1.72. The van der Waals surface area contributed by atoms with E-state index in [9.17, 15) is 8.42 Å². The van der Waals surface area contributed by atoms with Crippen molar-refractivity contribution in [2.24, 2.45) is 0 Å². The Morgan fingerprint density at radius 3 is 2.42 bits per heavy atom. The normalized spacial score (nSPS) is 16.9. The van der Waals surface area contributed by atoms with Gasteiger partial charge in [-0.05, 0) is 18.8 Å². The summed E-state index contributed by atoms with van der Waals surface area (Å²) in [5.74, 6) is -0.234. The molecule has 0 saturated heterocycles. The Kier molecular flexibility index (Phi) is 2.88. The third-order valence-electron chi connectivity index (χ3n) is 1.47. The Hall–Kier alpha value is -0.810. The van der Waals surface area contributed by atoms with E-state index >= 15 is 0 Å². The fourth-order valence-corrected chi connectivity index (χ4v) is 1.33. The van der Waals surface area contributed by atoms with Gasteiger partial charge >= 0.3 is 0 Å². The second-order valence-corrected chi connectivity index (χ2v) is 4.10. The van der Waals surface area contributed by atoms with Crippen LogP contribution < -0.4 is 0 Å². The van der Waals surface area contributed by atoms with Gasteiger partial charge in [-0.15, -0.1) is 0 Å². The molecule has 1 rings (SSSR count). The van der Waals surface area contributed by atoms with Crippen LogP contribution >= 0.6 is 0 Å². The van der Waals surface area contributed by atoms with E-state index in [4.69, 9.17) is 4.55 Å². The van der Waals surface area contributed by atoms with Crippen molar-refractivity contribution in [1.82, 2.24) is 4.90 Å². The maximum Gasteiger partial charge on any atom is 0.266 e. The Labute approximate surface area is 71.9 Å². The second kappa shape index (κ2) is 3.73. The minimum atomic E-state index is -3.83. The Balaban J connectivity index is 2.37. The summed E-state index contributed by atoms with van der Waals surface area (Å²) >= 11 is 0. The van der Waals surface area contributed by atoms with Crippen molar-refractivity contribution in [3.63, 3.8) is 0 Å². The van der Waals surface area contributed by atoms with Gasteiger partial charge in [0.05, 0.1) is 5.75 Å². The molecular weight excluding hydrogens is 178 g/mol. The number of hydrogen-bond acceptors (Lipinski definition) is 3. The van der Waals surface area contributed by atoms with Gasteiger partial charge in [0.15, 0.2) is 0 Å². The molecule has 0 aliphatic carbocycles. The fraction of sp³-hybridized carbons (Fsp3) is 0.429. The van der Waals surface area contributed by atoms with Gasteiger partial charge in [0, 0.05) is 6.54 Å². The van der Waals surface area contributed by atoms with E-state index in [1.54, 1.807) is 17.3 Å². The first kappa shape index (κ1) is 9.28. The molecule has 0 saturated carbocycles. The third-order valence-corrected chi connectivity index (χ3v) is 2.17. The maximum atomic E-state index is 10.4. The molecule has 1 aliphatic rings. The number of nitrogens with zero attached hydrogens (tertiary/aromatic N) is 1. The second-order valence-electron chi connectivity index (χ2n) is 2.53. The Morgan fingerprint density at radius 2 is 1.92 bits per heavy atom. The molecule has 4 nitrogen and oxygen atoms in total. The summed E-state index contributed by atoms with van der Waals surface area (Å²) in [5.41, 5.74) is 0. The van der Waals surface area contributed by atoms with Crippen molar-refractivity contribution >= 4 is 10.1 Å². The predicted molar refractivity (Wildman–Crippen MR) is 46.0 cm³/mol. The summed E-state index contributed by atoms with van der Waals surface area (Å²) in [5, 5.41) is 0. The highest BCUT2D eigenvalue weighted by Gasteiger charge is 2.06. The zero-order valence-electron chi connectivity index (χ0n) is 6.55. The SMILES string of the molecule is O=S(=O)(O)CCN1C=CCC=C1. The number of hydrogen-bond donors (Lipinski definition) is 1. The summed E-state index contributed by atoms with van der Waals surface area (Å²) in [6.45, 7) is 0.297. The van der Waals surface area contributed by atoms with Crippen LogP contribution in [0.15, 0.2) is 24.6 Å². The number of allylic oxidation sites excluding steroid dienone is 2. The van der Waals surface area contributed by atoms with Crippen LogP contribution in [0.2, 0.25) is 0 Å². The first-order chi connectivity index (χ1) is 5.58. The van der Waals surface area contributed by atoms with Gasteiger partial charge < -0.3 is 4.90 Å². The van der Waals surface area contributed by atoms with Gasteiger partial charge in [-0.25, -0.2) is 0 Å². The van der Waals surface area contributed by atoms with Crippen molar-refractivity contribution in [1.29, 1.82) is 0 Å². The van der Waals surface area contributed by atoms with E-state index in [0.717, 1.165) is 6.42 Å². The lowest BCUT2D eigenvalue weighted by atomic mass is 10.3. The van der Waals surface area contributed by atoms with E-state index in [1.807, 2.05) is 12.2 Å². The van der Waals surface area contributed by atoms with Crippen LogP contribution in [-0.2, 0) is 10.1 Å². The zero-order valence-corrected chi connectivity index (χ0v) is 7.37. The van der Waals surface area contributed by atoms with Crippen LogP contribution in [0.25, 0.3) is 0 Å². The average Bonchev–Trinajstić information content (AvgIpc) is 2.02. The quantitative estimate of drug-likeness (QED) is 0.661. The zero-order chi connectivity index (χ0) is 9.03. The van der Waals surface area contributed by atoms with Gasteiger partial charge in [0.25, 0.3) is 10.1 Å². The van der Waals surface area contributed by atoms with Gasteiger partial charge in [-0.2, -0.15) is 8.42 Å². The monoisotopic (exact) mass is 189 g/mol. The van der Waals surface area contributed by atoms with Gasteiger partial charge in [-0.3, -0.25) is 4.55 Å². The Morgan fingerprint density at radius 1 is 1.33 bits per heavy atom. The fourth-order valence-electron chi connectivity index (χ4n) is 0.891. The number of rotatable bonds is 3. The van der Waals surface area contributed by atoms with E-state index in [-0.39, 0.29) is 5.75 Å². The highest BCUT2D eigenvalue weighted by atomic mass is 32.2. The summed E-state index contributed by atoms with van der Waals surface area (Å²) in [6.07, 6.45) is 8.31. The largest absolute Gasteiger partial charge is 0.354 e. The van der Waals surface area contributed by atoms with E-state index in [2.05, 4.69) is 0 Å². The minimum absolute atomic E-state index is 0.234. The molecular formula is C7H11NO3S. The first-order valence-corrected chi connectivity index (χ1v) is 5.23. The highest BCUT2D eigenvalue weighted by molar-refractivity contribution is 7.85. The maximum absolute atomic E-state index is 10.4. The minimum Gasteiger partial charge on any atom is -0.354 e. The van der Waals surface area contributed by atoms with Crippen molar-refractivity contribution in [3.05, 3.63) is 24.6 Å². The topological polar surface area (TPSA) is 57.6 Å². The smallest absolute Gasteiger partial charge is 0.266 e. The molecule has 0 aromatic rings. The van der Waals surface area contributed by atoms with Crippen LogP contribution in [0.5, 0.6) is 0 Å². The standard InChI is InChI=1S/C7H11NO3S/c9-12(10,11)7-6-8-4-2-1-3-5-8/h2-5H,1,6-7H2,(H,9,10,11). The predicted octanol–water partition coefficient (Wildman–Crippen LogP) is 0.607. The van der Waals surface area contributed by atoms with Crippen LogP contribution in [0.4, 0.5) is 0 Å². The highest BCUT2D eigenvalue weighted by Crippen LogP contribution is 2.02. The third kappa shape index (κ3) is 3.54. The van der Waals surface area contributed by atoms with E-state index in [0.29, 0.717) is 6.54 Å². The van der Waals surface area contributed by atoms with Crippen LogP contribution in [0.1, 0.15) is 6.42 Å². The van der Waals surface area contributed by atoms with Gasteiger partial charge in [0.2, 0.25) is 0 Å². The first-order valence-electron chi connectivity index (χ1n) is 3.62. The molecule has 0 amide bonds. The molecule has 0 bridgehead atoms. The molecule has 0 spiro atoms. The molecule has 0 atom stereocenters. The summed E-state index contributed by atoms with van der Waals surface area (Å²) < 4.78 is 29.2. The van der Waals surface area contributed by atoms with Gasteiger partial charge in [-0.1, -0.05) is 12.2 Å². The molecule has 12 heavy (non-hydrogen) atoms. The van der Waals surface area contributed by atoms with E-state index in [1.165, 1.54) is 0 Å². The van der Waals surface area contributed by atoms with Crippen molar-refractivity contribution in [2.75, 3.05) is 12.3 Å². The molecule has 1 aliphatic heterocycles. The molecule has 5 heteroatoms. The molecule has 0 unspecified atom stereocenters. The summed E-state index contributed by atoms with van der Waals surface area (Å²) in [6, 6.07) is 0. The lowest BCUT2D eigenvalue weighted by Crippen LogP contribution is -2.20. The Bertz CT molecular complexity index is 280. The van der Waals surface area contributed by atoms with Crippen LogP contribution in [-0.4, -0.2) is 30.2 Å². The molecule has 1 N–H and O–H groups in total. The van der Waals surface area contributed by atoms with Crippen molar-refractivity contribution in [3.8, 4) is 0 Å². The molecule has 0 fully saturated rings. The van der Waals surface area contributed by atoms with E-state index < -0.39 is 10.1 Å². The average molecular weight is 189 g/mol. The van der Waals surface area contributed by atoms with Crippen molar-refractivity contribution in [2.45, 2.75) is 6.42 Å². The summed E-state index contributed by atoms with van der Waals surface area (Å²) in [7, 11) is -3.83. The molecule has 0 aromatic heterocycles. The molecule has 68 valence electrons. The van der Waals surface area contributed by atoms with Crippen molar-refractivity contribution < 1.29 is 13.0 Å². The van der Waals surface area contributed by atoms with Crippen LogP contribution in [0.3, 0.4) is 0 Å². The molecule has 0 radical (unpaired) electrons.